The molecule has 0 saturated carbocycles. The highest BCUT2D eigenvalue weighted by Gasteiger charge is 2.10. The molecule has 2 rings (SSSR count). The number of pyridine rings is 1. The van der Waals surface area contributed by atoms with Gasteiger partial charge < -0.3 is 9.14 Å². The quantitative estimate of drug-likeness (QED) is 0.821. The zero-order valence-corrected chi connectivity index (χ0v) is 10.5. The van der Waals surface area contributed by atoms with Crippen molar-refractivity contribution in [1.82, 2.24) is 9.38 Å². The molecule has 2 aromatic heterocycles. The molecule has 0 aliphatic rings. The summed E-state index contributed by atoms with van der Waals surface area (Å²) >= 11 is 6.04. The molecule has 0 bridgehead atoms. The Kier molecular flexibility index (Phi) is 3.17. The smallest absolute Gasteiger partial charge is 0.142 e. The number of rotatable bonds is 3. The first kappa shape index (κ1) is 11.4. The number of imidazole rings is 1. The van der Waals surface area contributed by atoms with Crippen molar-refractivity contribution in [2.75, 3.05) is 7.11 Å². The van der Waals surface area contributed by atoms with E-state index in [-0.39, 0.29) is 0 Å². The maximum absolute atomic E-state index is 6.04. The van der Waals surface area contributed by atoms with E-state index in [1.54, 1.807) is 7.11 Å². The summed E-state index contributed by atoms with van der Waals surface area (Å²) < 4.78 is 7.11. The predicted octanol–water partition coefficient (Wildman–Crippen LogP) is 3.26. The van der Waals surface area contributed by atoms with Crippen molar-refractivity contribution >= 4 is 17.2 Å². The van der Waals surface area contributed by atoms with Crippen molar-refractivity contribution in [3.8, 4) is 0 Å². The Morgan fingerprint density at radius 1 is 1.44 bits per heavy atom. The number of fused-ring (bicyclic) bond motifs is 1. The second-order valence-electron chi connectivity index (χ2n) is 4.17. The van der Waals surface area contributed by atoms with Gasteiger partial charge in [-0.15, -0.1) is 0 Å². The molecular weight excluding hydrogens is 224 g/mol. The molecule has 0 amide bonds. The van der Waals surface area contributed by atoms with Gasteiger partial charge >= 0.3 is 0 Å². The van der Waals surface area contributed by atoms with Gasteiger partial charge in [-0.05, 0) is 12.0 Å². The largest absolute Gasteiger partial charge is 0.380 e. The predicted molar refractivity (Wildman–Crippen MR) is 65.0 cm³/mol. The lowest BCUT2D eigenvalue weighted by molar-refractivity contribution is 0.185. The molecule has 2 heterocycles. The molecule has 2 aromatic rings. The fourth-order valence-corrected chi connectivity index (χ4v) is 1.93. The van der Waals surface area contributed by atoms with E-state index in [1.807, 2.05) is 22.9 Å². The molecule has 0 radical (unpaired) electrons. The van der Waals surface area contributed by atoms with Crippen LogP contribution in [0, 0.1) is 0 Å². The Balaban J connectivity index is 2.60. The second-order valence-corrected chi connectivity index (χ2v) is 4.60. The lowest BCUT2D eigenvalue weighted by Crippen LogP contribution is -1.94. The van der Waals surface area contributed by atoms with E-state index in [9.17, 15) is 0 Å². The molecule has 0 aliphatic carbocycles. The third-order valence-corrected chi connectivity index (χ3v) is 2.71. The van der Waals surface area contributed by atoms with E-state index < -0.39 is 0 Å². The van der Waals surface area contributed by atoms with E-state index in [0.29, 0.717) is 17.5 Å². The van der Waals surface area contributed by atoms with Crippen LogP contribution in [-0.4, -0.2) is 16.5 Å². The van der Waals surface area contributed by atoms with E-state index in [0.717, 1.165) is 16.9 Å². The number of aromatic nitrogens is 2. The van der Waals surface area contributed by atoms with Gasteiger partial charge in [0.15, 0.2) is 0 Å². The van der Waals surface area contributed by atoms with Gasteiger partial charge in [-0.3, -0.25) is 0 Å². The van der Waals surface area contributed by atoms with Gasteiger partial charge in [0.25, 0.3) is 0 Å². The number of methoxy groups -OCH3 is 1. The number of halogens is 1. The molecule has 0 saturated heterocycles. The van der Waals surface area contributed by atoms with Crippen molar-refractivity contribution in [1.29, 1.82) is 0 Å². The topological polar surface area (TPSA) is 26.5 Å². The molecule has 16 heavy (non-hydrogen) atoms. The minimum atomic E-state index is 0.411. The SMILES string of the molecule is COCc1cc(Cl)cn2cc(C(C)C)nc12. The van der Waals surface area contributed by atoms with E-state index >= 15 is 0 Å². The van der Waals surface area contributed by atoms with E-state index in [4.69, 9.17) is 16.3 Å². The first-order valence-electron chi connectivity index (χ1n) is 5.27. The van der Waals surface area contributed by atoms with Crippen molar-refractivity contribution in [3.63, 3.8) is 0 Å². The van der Waals surface area contributed by atoms with Gasteiger partial charge in [0.1, 0.15) is 5.65 Å². The number of hydrogen-bond donors (Lipinski definition) is 0. The highest BCUT2D eigenvalue weighted by molar-refractivity contribution is 6.30. The molecule has 0 N–H and O–H groups in total. The van der Waals surface area contributed by atoms with Gasteiger partial charge in [-0.25, -0.2) is 4.98 Å². The first-order chi connectivity index (χ1) is 7.61. The molecule has 0 spiro atoms. The lowest BCUT2D eigenvalue weighted by Gasteiger charge is -2.03. The molecule has 0 aliphatic heterocycles. The first-order valence-corrected chi connectivity index (χ1v) is 5.65. The molecule has 4 heteroatoms. The molecule has 86 valence electrons. The van der Waals surface area contributed by atoms with Gasteiger partial charge in [0.05, 0.1) is 17.3 Å². The summed E-state index contributed by atoms with van der Waals surface area (Å²) in [6, 6.07) is 1.90. The molecule has 0 aromatic carbocycles. The van der Waals surface area contributed by atoms with Crippen molar-refractivity contribution in [2.24, 2.45) is 0 Å². The Hall–Kier alpha value is -1.06. The zero-order valence-electron chi connectivity index (χ0n) is 9.70. The van der Waals surface area contributed by atoms with Crippen molar-refractivity contribution in [3.05, 3.63) is 34.7 Å². The Morgan fingerprint density at radius 2 is 2.19 bits per heavy atom. The van der Waals surface area contributed by atoms with Crippen LogP contribution < -0.4 is 0 Å². The minimum Gasteiger partial charge on any atom is -0.380 e. The second kappa shape index (κ2) is 4.44. The van der Waals surface area contributed by atoms with Crippen LogP contribution in [0.4, 0.5) is 0 Å². The fraction of sp³-hybridized carbons (Fsp3) is 0.417. The maximum Gasteiger partial charge on any atom is 0.142 e. The maximum atomic E-state index is 6.04. The van der Waals surface area contributed by atoms with Crippen LogP contribution in [0.3, 0.4) is 0 Å². The van der Waals surface area contributed by atoms with Gasteiger partial charge in [-0.2, -0.15) is 0 Å². The van der Waals surface area contributed by atoms with E-state index in [2.05, 4.69) is 18.8 Å². The highest BCUT2D eigenvalue weighted by atomic mass is 35.5. The van der Waals surface area contributed by atoms with E-state index in [1.165, 1.54) is 0 Å². The summed E-state index contributed by atoms with van der Waals surface area (Å²) in [5.41, 5.74) is 3.01. The van der Waals surface area contributed by atoms with Crippen LogP contribution in [-0.2, 0) is 11.3 Å². The summed E-state index contributed by atoms with van der Waals surface area (Å²) in [6.45, 7) is 4.78. The van der Waals surface area contributed by atoms with Crippen LogP contribution in [0.15, 0.2) is 18.5 Å². The average molecular weight is 239 g/mol. The monoisotopic (exact) mass is 238 g/mol. The number of hydrogen-bond acceptors (Lipinski definition) is 2. The minimum absolute atomic E-state index is 0.411. The normalized spacial score (nSPS) is 11.6. The highest BCUT2D eigenvalue weighted by Crippen LogP contribution is 2.21. The van der Waals surface area contributed by atoms with Gasteiger partial charge in [-0.1, -0.05) is 25.4 Å². The van der Waals surface area contributed by atoms with Gasteiger partial charge in [0, 0.05) is 25.1 Å². The summed E-state index contributed by atoms with van der Waals surface area (Å²) in [6.07, 6.45) is 3.89. The molecule has 0 atom stereocenters. The van der Waals surface area contributed by atoms with Crippen LogP contribution in [0.5, 0.6) is 0 Å². The lowest BCUT2D eigenvalue weighted by atomic mass is 10.2. The Bertz CT molecular complexity index is 505. The average Bonchev–Trinajstić information content (AvgIpc) is 2.61. The van der Waals surface area contributed by atoms with Crippen molar-refractivity contribution < 1.29 is 4.74 Å². The molecule has 0 fully saturated rings. The summed E-state index contributed by atoms with van der Waals surface area (Å²) in [7, 11) is 1.67. The van der Waals surface area contributed by atoms with Crippen LogP contribution in [0.25, 0.3) is 5.65 Å². The van der Waals surface area contributed by atoms with Crippen LogP contribution in [0.1, 0.15) is 31.0 Å². The summed E-state index contributed by atoms with van der Waals surface area (Å²) in [5.74, 6) is 0.411. The summed E-state index contributed by atoms with van der Waals surface area (Å²) in [5, 5.41) is 0.701. The third-order valence-electron chi connectivity index (χ3n) is 2.50. The molecule has 0 unspecified atom stereocenters. The Labute approximate surface area is 100 Å². The molecular formula is C12H15ClN2O. The van der Waals surface area contributed by atoms with Gasteiger partial charge in [0.2, 0.25) is 0 Å². The number of ether oxygens (including phenoxy) is 1. The summed E-state index contributed by atoms with van der Waals surface area (Å²) in [4.78, 5) is 4.60. The van der Waals surface area contributed by atoms with Crippen LogP contribution in [0.2, 0.25) is 5.02 Å². The standard InChI is InChI=1S/C12H15ClN2O/c1-8(2)11-6-15-5-10(13)4-9(7-16-3)12(15)14-11/h4-6,8H,7H2,1-3H3. The third kappa shape index (κ3) is 2.06. The fourth-order valence-electron chi connectivity index (χ4n) is 1.69. The zero-order chi connectivity index (χ0) is 11.7. The molecule has 3 nitrogen and oxygen atoms in total. The van der Waals surface area contributed by atoms with Crippen LogP contribution >= 0.6 is 11.6 Å². The van der Waals surface area contributed by atoms with Crippen molar-refractivity contribution in [2.45, 2.75) is 26.4 Å². The number of nitrogens with zero attached hydrogens (tertiary/aromatic N) is 2. The Morgan fingerprint density at radius 3 is 2.81 bits per heavy atom.